The summed E-state index contributed by atoms with van der Waals surface area (Å²) in [6, 6.07) is 3.76. The molecule has 2 N–H and O–H groups in total. The summed E-state index contributed by atoms with van der Waals surface area (Å²) in [6.07, 6.45) is 3.56. The van der Waals surface area contributed by atoms with Gasteiger partial charge >= 0.3 is 0 Å². The van der Waals surface area contributed by atoms with E-state index in [1.54, 1.807) is 6.26 Å². The topological polar surface area (TPSA) is 62.5 Å². The summed E-state index contributed by atoms with van der Waals surface area (Å²) in [5.74, 6) is 1.29. The molecule has 17 heavy (non-hydrogen) atoms. The van der Waals surface area contributed by atoms with Crippen LogP contribution in [0.1, 0.15) is 37.9 Å². The number of rotatable bonds is 6. The summed E-state index contributed by atoms with van der Waals surface area (Å²) in [5.41, 5.74) is 0. The number of aliphatic hydroxyl groups excluding tert-OH is 1. The van der Waals surface area contributed by atoms with Gasteiger partial charge in [-0.2, -0.15) is 0 Å². The molecule has 0 aliphatic heterocycles. The van der Waals surface area contributed by atoms with Crippen LogP contribution in [0.25, 0.3) is 0 Å². The van der Waals surface area contributed by atoms with E-state index in [-0.39, 0.29) is 23.8 Å². The van der Waals surface area contributed by atoms with E-state index in [2.05, 4.69) is 5.32 Å². The van der Waals surface area contributed by atoms with Crippen molar-refractivity contribution in [3.05, 3.63) is 24.2 Å². The first kappa shape index (κ1) is 12.2. The van der Waals surface area contributed by atoms with Crippen LogP contribution in [0.5, 0.6) is 0 Å². The number of carbonyl (C=O) groups is 1. The minimum Gasteiger partial charge on any atom is -0.469 e. The molecular weight excluding hydrogens is 218 g/mol. The molecule has 0 saturated heterocycles. The second-order valence-corrected chi connectivity index (χ2v) is 4.61. The second kappa shape index (κ2) is 5.36. The van der Waals surface area contributed by atoms with Crippen LogP contribution in [0.4, 0.5) is 0 Å². The zero-order valence-corrected chi connectivity index (χ0v) is 10.1. The maximum Gasteiger partial charge on any atom is 0.223 e. The lowest BCUT2D eigenvalue weighted by atomic mass is 10.2. The normalized spacial score (nSPS) is 24.4. The minimum atomic E-state index is -0.310. The molecular formula is C13H19NO3. The Labute approximate surface area is 101 Å². The Kier molecular flexibility index (Phi) is 3.84. The van der Waals surface area contributed by atoms with Crippen LogP contribution in [0.3, 0.4) is 0 Å². The average Bonchev–Trinajstić information content (AvgIpc) is 2.95. The Hall–Kier alpha value is -1.29. The zero-order chi connectivity index (χ0) is 12.3. The van der Waals surface area contributed by atoms with Gasteiger partial charge in [-0.1, -0.05) is 6.92 Å². The summed E-state index contributed by atoms with van der Waals surface area (Å²) < 4.78 is 5.28. The lowest BCUT2D eigenvalue weighted by Gasteiger charge is -2.08. The largest absolute Gasteiger partial charge is 0.469 e. The summed E-state index contributed by atoms with van der Waals surface area (Å²) in [5, 5.41) is 12.2. The highest BCUT2D eigenvalue weighted by Gasteiger charge is 2.45. The van der Waals surface area contributed by atoms with Gasteiger partial charge in [-0.3, -0.25) is 4.79 Å². The Morgan fingerprint density at radius 1 is 1.71 bits per heavy atom. The smallest absolute Gasteiger partial charge is 0.223 e. The molecule has 1 fully saturated rings. The van der Waals surface area contributed by atoms with Gasteiger partial charge in [0.2, 0.25) is 5.91 Å². The predicted octanol–water partition coefficient (Wildman–Crippen LogP) is 1.66. The van der Waals surface area contributed by atoms with Gasteiger partial charge in [0.15, 0.2) is 0 Å². The summed E-state index contributed by atoms with van der Waals surface area (Å²) in [7, 11) is 0. The molecule has 3 atom stereocenters. The molecule has 4 heteroatoms. The van der Waals surface area contributed by atoms with Crippen LogP contribution < -0.4 is 5.32 Å². The SMILES string of the molecule is CCC(O)CCNC(=O)C1CC1c1ccco1. The van der Waals surface area contributed by atoms with Crippen molar-refractivity contribution in [2.75, 3.05) is 6.54 Å². The van der Waals surface area contributed by atoms with Crippen LogP contribution in [0.2, 0.25) is 0 Å². The second-order valence-electron chi connectivity index (χ2n) is 4.61. The Morgan fingerprint density at radius 2 is 2.53 bits per heavy atom. The third-order valence-corrected chi connectivity index (χ3v) is 3.28. The fourth-order valence-electron chi connectivity index (χ4n) is 2.00. The first-order valence-electron chi connectivity index (χ1n) is 6.21. The van der Waals surface area contributed by atoms with E-state index in [4.69, 9.17) is 4.42 Å². The molecule has 94 valence electrons. The van der Waals surface area contributed by atoms with E-state index in [1.807, 2.05) is 19.1 Å². The van der Waals surface area contributed by atoms with E-state index in [0.29, 0.717) is 13.0 Å². The molecule has 1 aliphatic rings. The van der Waals surface area contributed by atoms with E-state index >= 15 is 0 Å². The fraction of sp³-hybridized carbons (Fsp3) is 0.615. The molecule has 2 rings (SSSR count). The van der Waals surface area contributed by atoms with Crippen LogP contribution in [0, 0.1) is 5.92 Å². The van der Waals surface area contributed by atoms with Gasteiger partial charge in [-0.25, -0.2) is 0 Å². The summed E-state index contributed by atoms with van der Waals surface area (Å²) in [4.78, 5) is 11.7. The van der Waals surface area contributed by atoms with Crippen molar-refractivity contribution in [2.45, 2.75) is 38.2 Å². The quantitative estimate of drug-likeness (QED) is 0.791. The van der Waals surface area contributed by atoms with Crippen molar-refractivity contribution in [3.8, 4) is 0 Å². The van der Waals surface area contributed by atoms with Gasteiger partial charge in [0, 0.05) is 18.4 Å². The van der Waals surface area contributed by atoms with E-state index in [9.17, 15) is 9.90 Å². The van der Waals surface area contributed by atoms with E-state index < -0.39 is 0 Å². The van der Waals surface area contributed by atoms with Gasteiger partial charge in [0.05, 0.1) is 12.4 Å². The number of aliphatic hydroxyl groups is 1. The maximum absolute atomic E-state index is 11.7. The summed E-state index contributed by atoms with van der Waals surface area (Å²) in [6.45, 7) is 2.48. The molecule has 3 unspecified atom stereocenters. The molecule has 0 aromatic carbocycles. The van der Waals surface area contributed by atoms with Crippen LogP contribution in [0.15, 0.2) is 22.8 Å². The molecule has 1 aliphatic carbocycles. The molecule has 4 nitrogen and oxygen atoms in total. The number of hydrogen-bond acceptors (Lipinski definition) is 3. The predicted molar refractivity (Wildman–Crippen MR) is 63.5 cm³/mol. The average molecular weight is 237 g/mol. The van der Waals surface area contributed by atoms with Gasteiger partial charge in [-0.05, 0) is 31.4 Å². The molecule has 1 aromatic rings. The third kappa shape index (κ3) is 3.09. The van der Waals surface area contributed by atoms with Crippen molar-refractivity contribution in [2.24, 2.45) is 5.92 Å². The number of nitrogens with one attached hydrogen (secondary N) is 1. The highest BCUT2D eigenvalue weighted by Crippen LogP contribution is 2.47. The fourth-order valence-corrected chi connectivity index (χ4v) is 2.00. The lowest BCUT2D eigenvalue weighted by molar-refractivity contribution is -0.122. The molecule has 0 radical (unpaired) electrons. The standard InChI is InChI=1S/C13H19NO3/c1-2-9(15)5-6-14-13(16)11-8-10(11)12-4-3-7-17-12/h3-4,7,9-11,15H,2,5-6,8H2,1H3,(H,14,16). The van der Waals surface area contributed by atoms with Crippen molar-refractivity contribution in [1.29, 1.82) is 0 Å². The molecule has 1 amide bonds. The van der Waals surface area contributed by atoms with Gasteiger partial charge in [0.1, 0.15) is 5.76 Å². The monoisotopic (exact) mass is 237 g/mol. The number of hydrogen-bond donors (Lipinski definition) is 2. The lowest BCUT2D eigenvalue weighted by Crippen LogP contribution is -2.28. The molecule has 1 aromatic heterocycles. The van der Waals surface area contributed by atoms with E-state index in [1.165, 1.54) is 0 Å². The van der Waals surface area contributed by atoms with Crippen molar-refractivity contribution in [1.82, 2.24) is 5.32 Å². The van der Waals surface area contributed by atoms with Crippen LogP contribution in [-0.4, -0.2) is 23.7 Å². The third-order valence-electron chi connectivity index (χ3n) is 3.28. The number of carbonyl (C=O) groups excluding carboxylic acids is 1. The van der Waals surface area contributed by atoms with Crippen molar-refractivity contribution in [3.63, 3.8) is 0 Å². The molecule has 1 saturated carbocycles. The Morgan fingerprint density at radius 3 is 3.18 bits per heavy atom. The number of furan rings is 1. The van der Waals surface area contributed by atoms with Crippen molar-refractivity contribution >= 4 is 5.91 Å². The Balaban J connectivity index is 1.69. The minimum absolute atomic E-state index is 0.0555. The first-order chi connectivity index (χ1) is 8.22. The van der Waals surface area contributed by atoms with Crippen LogP contribution in [-0.2, 0) is 4.79 Å². The van der Waals surface area contributed by atoms with Crippen LogP contribution >= 0.6 is 0 Å². The summed E-state index contributed by atoms with van der Waals surface area (Å²) >= 11 is 0. The number of amides is 1. The van der Waals surface area contributed by atoms with Gasteiger partial charge in [0.25, 0.3) is 0 Å². The highest BCUT2D eigenvalue weighted by molar-refractivity contribution is 5.82. The van der Waals surface area contributed by atoms with Gasteiger partial charge < -0.3 is 14.8 Å². The molecule has 0 bridgehead atoms. The van der Waals surface area contributed by atoms with Crippen molar-refractivity contribution < 1.29 is 14.3 Å². The molecule has 1 heterocycles. The van der Waals surface area contributed by atoms with E-state index in [0.717, 1.165) is 18.6 Å². The first-order valence-corrected chi connectivity index (χ1v) is 6.21. The maximum atomic E-state index is 11.7. The zero-order valence-electron chi connectivity index (χ0n) is 10.1. The highest BCUT2D eigenvalue weighted by atomic mass is 16.3. The Bertz CT molecular complexity index is 361. The van der Waals surface area contributed by atoms with Gasteiger partial charge in [-0.15, -0.1) is 0 Å². The molecule has 0 spiro atoms.